The number of nitrogens with one attached hydrogen (secondary N) is 1. The largest absolute Gasteiger partial charge is 0.382 e. The summed E-state index contributed by atoms with van der Waals surface area (Å²) in [6.45, 7) is 0. The molecule has 0 aromatic carbocycles. The number of nitrogen functional groups attached to an aromatic ring is 1. The van der Waals surface area contributed by atoms with Crippen LogP contribution < -0.4 is 5.73 Å². The SMILES string of the molecule is N=C(N)c1ncccc1CSc1ncccc1Br. The number of pyridine rings is 2. The Hall–Kier alpha value is -1.40. The second-order valence-corrected chi connectivity index (χ2v) is 5.32. The van der Waals surface area contributed by atoms with Crippen molar-refractivity contribution < 1.29 is 0 Å². The van der Waals surface area contributed by atoms with E-state index < -0.39 is 0 Å². The van der Waals surface area contributed by atoms with Gasteiger partial charge in [0, 0.05) is 22.6 Å². The maximum atomic E-state index is 7.48. The molecule has 0 saturated heterocycles. The molecule has 18 heavy (non-hydrogen) atoms. The lowest BCUT2D eigenvalue weighted by Gasteiger charge is -2.07. The molecular formula is C12H11BrN4S. The Bertz CT molecular complexity index is 574. The zero-order chi connectivity index (χ0) is 13.0. The van der Waals surface area contributed by atoms with Crippen LogP contribution in [0.25, 0.3) is 0 Å². The summed E-state index contributed by atoms with van der Waals surface area (Å²) in [7, 11) is 0. The van der Waals surface area contributed by atoms with Crippen LogP contribution in [0.15, 0.2) is 46.2 Å². The molecule has 0 amide bonds. The van der Waals surface area contributed by atoms with Gasteiger partial charge in [0.1, 0.15) is 16.6 Å². The van der Waals surface area contributed by atoms with Gasteiger partial charge in [0.2, 0.25) is 0 Å². The van der Waals surface area contributed by atoms with Crippen molar-refractivity contribution in [2.24, 2.45) is 5.73 Å². The number of nitrogens with two attached hydrogens (primary N) is 1. The molecule has 92 valence electrons. The minimum Gasteiger partial charge on any atom is -0.382 e. The normalized spacial score (nSPS) is 10.3. The molecule has 4 nitrogen and oxygen atoms in total. The quantitative estimate of drug-likeness (QED) is 0.515. The maximum Gasteiger partial charge on any atom is 0.142 e. The molecular weight excluding hydrogens is 312 g/mol. The molecule has 0 aliphatic carbocycles. The van der Waals surface area contributed by atoms with Crippen molar-refractivity contribution in [1.29, 1.82) is 5.41 Å². The van der Waals surface area contributed by atoms with Crippen LogP contribution in [0, 0.1) is 5.41 Å². The van der Waals surface area contributed by atoms with Gasteiger partial charge in [0.25, 0.3) is 0 Å². The lowest BCUT2D eigenvalue weighted by molar-refractivity contribution is 1.10. The molecule has 0 radical (unpaired) electrons. The maximum absolute atomic E-state index is 7.48. The summed E-state index contributed by atoms with van der Waals surface area (Å²) in [4.78, 5) is 8.40. The van der Waals surface area contributed by atoms with Gasteiger partial charge in [-0.2, -0.15) is 0 Å². The molecule has 0 unspecified atom stereocenters. The molecule has 2 rings (SSSR count). The number of amidine groups is 1. The molecule has 2 aromatic heterocycles. The van der Waals surface area contributed by atoms with E-state index in [1.165, 1.54) is 0 Å². The highest BCUT2D eigenvalue weighted by Crippen LogP contribution is 2.28. The lowest BCUT2D eigenvalue weighted by Crippen LogP contribution is -2.15. The third-order valence-corrected chi connectivity index (χ3v) is 4.19. The number of rotatable bonds is 4. The third-order valence-electron chi connectivity index (χ3n) is 2.24. The van der Waals surface area contributed by atoms with Gasteiger partial charge in [-0.05, 0) is 39.7 Å². The van der Waals surface area contributed by atoms with Gasteiger partial charge < -0.3 is 5.73 Å². The van der Waals surface area contributed by atoms with Crippen LogP contribution in [-0.4, -0.2) is 15.8 Å². The molecule has 3 N–H and O–H groups in total. The number of nitrogens with zero attached hydrogens (tertiary/aromatic N) is 2. The molecule has 0 atom stereocenters. The van der Waals surface area contributed by atoms with E-state index in [2.05, 4.69) is 25.9 Å². The Morgan fingerprint density at radius 2 is 2.00 bits per heavy atom. The second-order valence-electron chi connectivity index (χ2n) is 3.50. The lowest BCUT2D eigenvalue weighted by atomic mass is 10.2. The zero-order valence-corrected chi connectivity index (χ0v) is 11.8. The highest BCUT2D eigenvalue weighted by molar-refractivity contribution is 9.10. The molecule has 0 bridgehead atoms. The van der Waals surface area contributed by atoms with Crippen LogP contribution in [0.4, 0.5) is 0 Å². The molecule has 0 spiro atoms. The molecule has 0 saturated carbocycles. The van der Waals surface area contributed by atoms with Crippen LogP contribution in [0.5, 0.6) is 0 Å². The molecule has 0 aliphatic rings. The van der Waals surface area contributed by atoms with Gasteiger partial charge in [0.05, 0.1) is 0 Å². The summed E-state index contributed by atoms with van der Waals surface area (Å²) in [6, 6.07) is 7.59. The van der Waals surface area contributed by atoms with E-state index in [0.29, 0.717) is 11.4 Å². The van der Waals surface area contributed by atoms with Crippen LogP contribution in [0.3, 0.4) is 0 Å². The Kier molecular flexibility index (Phi) is 4.33. The van der Waals surface area contributed by atoms with Crippen molar-refractivity contribution in [2.45, 2.75) is 10.8 Å². The fourth-order valence-corrected chi connectivity index (χ4v) is 2.89. The van der Waals surface area contributed by atoms with Crippen molar-refractivity contribution in [2.75, 3.05) is 0 Å². The average Bonchev–Trinajstić information content (AvgIpc) is 2.38. The van der Waals surface area contributed by atoms with Crippen LogP contribution in [0.2, 0.25) is 0 Å². The minimum absolute atomic E-state index is 0.00807. The standard InChI is InChI=1S/C12H11BrN4S/c13-9-4-2-6-17-12(9)18-7-8-3-1-5-16-10(8)11(14)15/h1-6H,7H2,(H3,14,15). The Morgan fingerprint density at radius 1 is 1.28 bits per heavy atom. The van der Waals surface area contributed by atoms with Gasteiger partial charge in [-0.1, -0.05) is 6.07 Å². The van der Waals surface area contributed by atoms with Gasteiger partial charge in [-0.15, -0.1) is 11.8 Å². The molecule has 2 heterocycles. The topological polar surface area (TPSA) is 75.7 Å². The predicted octanol–water partition coefficient (Wildman–Crippen LogP) is 2.82. The molecule has 2 aromatic rings. The highest BCUT2D eigenvalue weighted by Gasteiger charge is 2.08. The number of hydrogen-bond donors (Lipinski definition) is 2. The fourth-order valence-electron chi connectivity index (χ4n) is 1.42. The highest BCUT2D eigenvalue weighted by atomic mass is 79.9. The fraction of sp³-hybridized carbons (Fsp3) is 0.0833. The van der Waals surface area contributed by atoms with Crippen LogP contribution in [0.1, 0.15) is 11.3 Å². The van der Waals surface area contributed by atoms with E-state index in [0.717, 1.165) is 15.1 Å². The van der Waals surface area contributed by atoms with E-state index in [1.807, 2.05) is 24.3 Å². The van der Waals surface area contributed by atoms with Gasteiger partial charge in [-0.3, -0.25) is 10.4 Å². The van der Waals surface area contributed by atoms with Crippen molar-refractivity contribution in [3.05, 3.63) is 52.4 Å². The first kappa shape index (κ1) is 13.0. The van der Waals surface area contributed by atoms with Crippen LogP contribution >= 0.6 is 27.7 Å². The summed E-state index contributed by atoms with van der Waals surface area (Å²) in [5, 5.41) is 8.40. The van der Waals surface area contributed by atoms with Crippen molar-refractivity contribution in [3.63, 3.8) is 0 Å². The first-order chi connectivity index (χ1) is 8.68. The Balaban J connectivity index is 2.16. The summed E-state index contributed by atoms with van der Waals surface area (Å²) in [6.07, 6.45) is 3.39. The molecule has 6 heteroatoms. The van der Waals surface area contributed by atoms with E-state index in [9.17, 15) is 0 Å². The van der Waals surface area contributed by atoms with Gasteiger partial charge >= 0.3 is 0 Å². The first-order valence-electron chi connectivity index (χ1n) is 5.20. The van der Waals surface area contributed by atoms with Gasteiger partial charge in [-0.25, -0.2) is 4.98 Å². The number of hydrogen-bond acceptors (Lipinski definition) is 4. The van der Waals surface area contributed by atoms with Gasteiger partial charge in [0.15, 0.2) is 0 Å². The number of halogens is 1. The zero-order valence-electron chi connectivity index (χ0n) is 9.43. The summed E-state index contributed by atoms with van der Waals surface area (Å²) >= 11 is 5.03. The molecule has 0 aliphatic heterocycles. The summed E-state index contributed by atoms with van der Waals surface area (Å²) in [5.74, 6) is 0.671. The average molecular weight is 323 g/mol. The molecule has 0 fully saturated rings. The van der Waals surface area contributed by atoms with Crippen molar-refractivity contribution in [1.82, 2.24) is 9.97 Å². The van der Waals surface area contributed by atoms with Crippen molar-refractivity contribution in [3.8, 4) is 0 Å². The monoisotopic (exact) mass is 322 g/mol. The first-order valence-corrected chi connectivity index (χ1v) is 6.98. The van der Waals surface area contributed by atoms with Crippen LogP contribution in [-0.2, 0) is 5.75 Å². The number of thioether (sulfide) groups is 1. The minimum atomic E-state index is -0.00807. The second kappa shape index (κ2) is 5.97. The van der Waals surface area contributed by atoms with Crippen molar-refractivity contribution >= 4 is 33.5 Å². The third kappa shape index (κ3) is 3.08. The van der Waals surface area contributed by atoms with E-state index in [1.54, 1.807) is 24.2 Å². The predicted molar refractivity (Wildman–Crippen MR) is 76.8 cm³/mol. The summed E-state index contributed by atoms with van der Waals surface area (Å²) < 4.78 is 0.961. The summed E-state index contributed by atoms with van der Waals surface area (Å²) in [5.41, 5.74) is 6.98. The smallest absolute Gasteiger partial charge is 0.142 e. The van der Waals surface area contributed by atoms with E-state index >= 15 is 0 Å². The van der Waals surface area contributed by atoms with E-state index in [4.69, 9.17) is 11.1 Å². The van der Waals surface area contributed by atoms with E-state index in [-0.39, 0.29) is 5.84 Å². The number of aromatic nitrogens is 2. The Morgan fingerprint density at radius 3 is 2.72 bits per heavy atom. The Labute approximate surface area is 118 Å².